The molecule has 0 aliphatic carbocycles. The molecule has 0 amide bonds. The van der Waals surface area contributed by atoms with Crippen molar-refractivity contribution in [2.24, 2.45) is 0 Å². The van der Waals surface area contributed by atoms with E-state index in [2.05, 4.69) is 20.1 Å². The van der Waals surface area contributed by atoms with Crippen LogP contribution >= 0.6 is 11.6 Å². The van der Waals surface area contributed by atoms with E-state index in [0.29, 0.717) is 24.7 Å². The molecule has 3 aromatic rings. The number of aromatic nitrogens is 5. The minimum absolute atomic E-state index is 0.189. The van der Waals surface area contributed by atoms with Crippen LogP contribution in [0.5, 0.6) is 0 Å². The van der Waals surface area contributed by atoms with Gasteiger partial charge in [-0.05, 0) is 25.5 Å². The van der Waals surface area contributed by atoms with E-state index in [1.165, 1.54) is 0 Å². The van der Waals surface area contributed by atoms with Gasteiger partial charge in [0.05, 0.1) is 5.38 Å². The van der Waals surface area contributed by atoms with Crippen LogP contribution in [0.1, 0.15) is 35.4 Å². The van der Waals surface area contributed by atoms with E-state index in [4.69, 9.17) is 16.1 Å². The molecule has 3 heterocycles. The molecule has 0 aliphatic heterocycles. The standard InChI is InChI=1S/C14H16ClN5O/c1-8-4-6-16-14-12(8)18-13(9(2)15)20(14)7-5-11-17-10(3)21-19-11/h4,6,9H,5,7H2,1-3H3. The fourth-order valence-electron chi connectivity index (χ4n) is 2.33. The summed E-state index contributed by atoms with van der Waals surface area (Å²) in [5.74, 6) is 2.06. The van der Waals surface area contributed by atoms with Gasteiger partial charge in [0, 0.05) is 26.1 Å². The van der Waals surface area contributed by atoms with E-state index in [-0.39, 0.29) is 5.38 Å². The SMILES string of the molecule is Cc1nc(CCn2c(C(C)Cl)nc3c(C)ccnc32)no1. The summed E-state index contributed by atoms with van der Waals surface area (Å²) in [5.41, 5.74) is 2.83. The van der Waals surface area contributed by atoms with Crippen molar-refractivity contribution in [2.75, 3.05) is 0 Å². The molecule has 3 aromatic heterocycles. The fourth-order valence-corrected chi connectivity index (χ4v) is 2.50. The zero-order valence-corrected chi connectivity index (χ0v) is 12.9. The highest BCUT2D eigenvalue weighted by Crippen LogP contribution is 2.25. The van der Waals surface area contributed by atoms with Gasteiger partial charge in [-0.2, -0.15) is 4.98 Å². The maximum absolute atomic E-state index is 6.26. The van der Waals surface area contributed by atoms with Gasteiger partial charge in [0.25, 0.3) is 0 Å². The molecule has 0 radical (unpaired) electrons. The summed E-state index contributed by atoms with van der Waals surface area (Å²) in [6.07, 6.45) is 2.44. The molecule has 1 unspecified atom stereocenters. The van der Waals surface area contributed by atoms with Crippen LogP contribution in [-0.2, 0) is 13.0 Å². The van der Waals surface area contributed by atoms with Gasteiger partial charge in [-0.1, -0.05) is 5.16 Å². The Balaban J connectivity index is 1.99. The van der Waals surface area contributed by atoms with Crippen molar-refractivity contribution < 1.29 is 4.52 Å². The van der Waals surface area contributed by atoms with Gasteiger partial charge in [0.15, 0.2) is 11.5 Å². The number of fused-ring (bicyclic) bond motifs is 1. The Morgan fingerprint density at radius 1 is 1.33 bits per heavy atom. The van der Waals surface area contributed by atoms with Gasteiger partial charge in [-0.3, -0.25) is 0 Å². The van der Waals surface area contributed by atoms with Crippen molar-refractivity contribution in [1.82, 2.24) is 24.7 Å². The smallest absolute Gasteiger partial charge is 0.223 e. The number of hydrogen-bond acceptors (Lipinski definition) is 5. The Kier molecular flexibility index (Phi) is 3.63. The largest absolute Gasteiger partial charge is 0.340 e. The third-order valence-electron chi connectivity index (χ3n) is 3.35. The first-order chi connectivity index (χ1) is 10.1. The van der Waals surface area contributed by atoms with E-state index in [1.807, 2.05) is 24.5 Å². The van der Waals surface area contributed by atoms with Gasteiger partial charge in [-0.15, -0.1) is 11.6 Å². The van der Waals surface area contributed by atoms with Crippen LogP contribution in [0.2, 0.25) is 0 Å². The molecule has 0 aliphatic rings. The van der Waals surface area contributed by atoms with Gasteiger partial charge < -0.3 is 9.09 Å². The predicted molar refractivity (Wildman–Crippen MR) is 79.3 cm³/mol. The lowest BCUT2D eigenvalue weighted by Crippen LogP contribution is -2.08. The summed E-state index contributed by atoms with van der Waals surface area (Å²) < 4.78 is 7.02. The highest BCUT2D eigenvalue weighted by Gasteiger charge is 2.17. The van der Waals surface area contributed by atoms with Crippen molar-refractivity contribution in [3.8, 4) is 0 Å². The van der Waals surface area contributed by atoms with Crippen LogP contribution in [0, 0.1) is 13.8 Å². The Morgan fingerprint density at radius 2 is 2.14 bits per heavy atom. The molecule has 0 bridgehead atoms. The summed E-state index contributed by atoms with van der Waals surface area (Å²) in [6.45, 7) is 6.37. The molecule has 0 fully saturated rings. The quantitative estimate of drug-likeness (QED) is 0.693. The number of pyridine rings is 1. The van der Waals surface area contributed by atoms with E-state index in [1.54, 1.807) is 13.1 Å². The summed E-state index contributed by atoms with van der Waals surface area (Å²) in [7, 11) is 0. The Bertz CT molecular complexity index is 777. The summed E-state index contributed by atoms with van der Waals surface area (Å²) >= 11 is 6.26. The molecular weight excluding hydrogens is 290 g/mol. The second kappa shape index (κ2) is 5.44. The molecule has 0 N–H and O–H groups in total. The monoisotopic (exact) mass is 305 g/mol. The average molecular weight is 306 g/mol. The maximum atomic E-state index is 6.26. The van der Waals surface area contributed by atoms with Crippen LogP contribution in [0.15, 0.2) is 16.8 Å². The molecule has 7 heteroatoms. The van der Waals surface area contributed by atoms with Crippen molar-refractivity contribution in [1.29, 1.82) is 0 Å². The maximum Gasteiger partial charge on any atom is 0.223 e. The van der Waals surface area contributed by atoms with Crippen LogP contribution in [0.3, 0.4) is 0 Å². The first-order valence-corrected chi connectivity index (χ1v) is 7.25. The van der Waals surface area contributed by atoms with Crippen LogP contribution in [0.4, 0.5) is 0 Å². The molecule has 21 heavy (non-hydrogen) atoms. The molecular formula is C14H16ClN5O. The number of rotatable bonds is 4. The minimum Gasteiger partial charge on any atom is -0.340 e. The Hall–Kier alpha value is -1.95. The average Bonchev–Trinajstić information content (AvgIpc) is 3.01. The van der Waals surface area contributed by atoms with E-state index in [9.17, 15) is 0 Å². The van der Waals surface area contributed by atoms with Gasteiger partial charge >= 0.3 is 0 Å². The van der Waals surface area contributed by atoms with Crippen LogP contribution in [0.25, 0.3) is 11.2 Å². The summed E-state index contributed by atoms with van der Waals surface area (Å²) in [6, 6.07) is 1.95. The lowest BCUT2D eigenvalue weighted by molar-refractivity contribution is 0.386. The van der Waals surface area contributed by atoms with Gasteiger partial charge in [0.2, 0.25) is 5.89 Å². The number of halogens is 1. The van der Waals surface area contributed by atoms with Gasteiger partial charge in [-0.25, -0.2) is 9.97 Å². The van der Waals surface area contributed by atoms with Crippen LogP contribution in [-0.4, -0.2) is 24.7 Å². The van der Waals surface area contributed by atoms with Crippen molar-refractivity contribution in [3.05, 3.63) is 35.4 Å². The van der Waals surface area contributed by atoms with Gasteiger partial charge in [0.1, 0.15) is 11.3 Å². The molecule has 0 aromatic carbocycles. The second-order valence-corrected chi connectivity index (χ2v) is 5.67. The van der Waals surface area contributed by atoms with Crippen LogP contribution < -0.4 is 0 Å². The lowest BCUT2D eigenvalue weighted by Gasteiger charge is -2.08. The minimum atomic E-state index is -0.189. The van der Waals surface area contributed by atoms with Crippen molar-refractivity contribution in [2.45, 2.75) is 39.1 Å². The zero-order chi connectivity index (χ0) is 15.0. The first kappa shape index (κ1) is 14.0. The molecule has 0 saturated heterocycles. The Labute approximate surface area is 127 Å². The molecule has 0 spiro atoms. The number of aryl methyl sites for hydroxylation is 4. The van der Waals surface area contributed by atoms with E-state index in [0.717, 1.165) is 22.6 Å². The predicted octanol–water partition coefficient (Wildman–Crippen LogP) is 2.97. The topological polar surface area (TPSA) is 69.6 Å². The first-order valence-electron chi connectivity index (χ1n) is 6.81. The molecule has 0 saturated carbocycles. The number of alkyl halides is 1. The Morgan fingerprint density at radius 3 is 2.81 bits per heavy atom. The molecule has 1 atom stereocenters. The fraction of sp³-hybridized carbons (Fsp3) is 0.429. The molecule has 110 valence electrons. The zero-order valence-electron chi connectivity index (χ0n) is 12.2. The summed E-state index contributed by atoms with van der Waals surface area (Å²) in [4.78, 5) is 13.3. The normalized spacial score (nSPS) is 13.0. The highest BCUT2D eigenvalue weighted by atomic mass is 35.5. The van der Waals surface area contributed by atoms with E-state index < -0.39 is 0 Å². The second-order valence-electron chi connectivity index (χ2n) is 5.02. The number of imidazole rings is 1. The highest BCUT2D eigenvalue weighted by molar-refractivity contribution is 6.20. The molecule has 6 nitrogen and oxygen atoms in total. The number of nitrogens with zero attached hydrogens (tertiary/aromatic N) is 5. The third kappa shape index (κ3) is 2.63. The van der Waals surface area contributed by atoms with Crippen molar-refractivity contribution >= 4 is 22.8 Å². The summed E-state index contributed by atoms with van der Waals surface area (Å²) in [5, 5.41) is 3.72. The van der Waals surface area contributed by atoms with Crippen molar-refractivity contribution in [3.63, 3.8) is 0 Å². The molecule has 3 rings (SSSR count). The lowest BCUT2D eigenvalue weighted by atomic mass is 10.3. The number of hydrogen-bond donors (Lipinski definition) is 0. The van der Waals surface area contributed by atoms with E-state index >= 15 is 0 Å². The third-order valence-corrected chi connectivity index (χ3v) is 3.54.